The molecule has 0 saturated heterocycles. The van der Waals surface area contributed by atoms with Crippen LogP contribution in [0, 0.1) is 0 Å². The van der Waals surface area contributed by atoms with E-state index in [9.17, 15) is 0 Å². The fourth-order valence-electron chi connectivity index (χ4n) is 1.92. The van der Waals surface area contributed by atoms with Crippen LogP contribution >= 0.6 is 23.2 Å². The van der Waals surface area contributed by atoms with Gasteiger partial charge < -0.3 is 4.74 Å². The van der Waals surface area contributed by atoms with Gasteiger partial charge in [0, 0.05) is 10.6 Å². The van der Waals surface area contributed by atoms with Crippen molar-refractivity contribution in [2.45, 2.75) is 0 Å². The van der Waals surface area contributed by atoms with Crippen molar-refractivity contribution < 1.29 is 4.74 Å². The van der Waals surface area contributed by atoms with Crippen molar-refractivity contribution >= 4 is 23.2 Å². The molecule has 0 spiro atoms. The molecule has 2 aromatic carbocycles. The average Bonchev–Trinajstić information content (AvgIpc) is 2.90. The van der Waals surface area contributed by atoms with Crippen LogP contribution in [-0.4, -0.2) is 21.9 Å². The van der Waals surface area contributed by atoms with Crippen molar-refractivity contribution in [2.75, 3.05) is 7.11 Å². The maximum absolute atomic E-state index is 6.17. The van der Waals surface area contributed by atoms with E-state index in [2.05, 4.69) is 10.1 Å². The Hall–Kier alpha value is -2.04. The monoisotopic (exact) mass is 319 g/mol. The Morgan fingerprint density at radius 1 is 1.05 bits per heavy atom. The summed E-state index contributed by atoms with van der Waals surface area (Å²) in [4.78, 5) is 4.28. The summed E-state index contributed by atoms with van der Waals surface area (Å²) in [6.45, 7) is 0. The van der Waals surface area contributed by atoms with Crippen LogP contribution in [0.5, 0.6) is 5.75 Å². The Morgan fingerprint density at radius 2 is 1.81 bits per heavy atom. The highest BCUT2D eigenvalue weighted by atomic mass is 35.5. The first kappa shape index (κ1) is 13.9. The molecular formula is C15H11Cl2N3O. The van der Waals surface area contributed by atoms with E-state index in [4.69, 9.17) is 27.9 Å². The summed E-state index contributed by atoms with van der Waals surface area (Å²) in [5.41, 5.74) is 1.63. The van der Waals surface area contributed by atoms with Gasteiger partial charge in [-0.05, 0) is 48.0 Å². The number of halogens is 2. The second-order valence-electron chi connectivity index (χ2n) is 4.32. The largest absolute Gasteiger partial charge is 0.497 e. The van der Waals surface area contributed by atoms with E-state index in [-0.39, 0.29) is 5.28 Å². The summed E-state index contributed by atoms with van der Waals surface area (Å²) >= 11 is 12.0. The van der Waals surface area contributed by atoms with Crippen LogP contribution in [-0.2, 0) is 0 Å². The van der Waals surface area contributed by atoms with Gasteiger partial charge in [-0.1, -0.05) is 23.7 Å². The molecule has 0 fully saturated rings. The predicted molar refractivity (Wildman–Crippen MR) is 83.4 cm³/mol. The van der Waals surface area contributed by atoms with Crippen LogP contribution in [0.3, 0.4) is 0 Å². The normalized spacial score (nSPS) is 10.6. The SMILES string of the molecule is COc1cccc(-c2nc(Cl)n(-c3ccc(Cl)cc3)n2)c1. The highest BCUT2D eigenvalue weighted by Gasteiger charge is 2.12. The van der Waals surface area contributed by atoms with Crippen LogP contribution in [0.15, 0.2) is 48.5 Å². The van der Waals surface area contributed by atoms with Gasteiger partial charge in [-0.25, -0.2) is 4.68 Å². The third-order valence-corrected chi connectivity index (χ3v) is 3.46. The van der Waals surface area contributed by atoms with E-state index in [1.807, 2.05) is 36.4 Å². The van der Waals surface area contributed by atoms with Gasteiger partial charge in [-0.2, -0.15) is 4.98 Å². The second-order valence-corrected chi connectivity index (χ2v) is 5.10. The van der Waals surface area contributed by atoms with Gasteiger partial charge >= 0.3 is 0 Å². The first-order valence-corrected chi connectivity index (χ1v) is 6.96. The number of aromatic nitrogens is 3. The minimum Gasteiger partial charge on any atom is -0.497 e. The van der Waals surface area contributed by atoms with Gasteiger partial charge in [0.05, 0.1) is 12.8 Å². The van der Waals surface area contributed by atoms with Crippen molar-refractivity contribution in [3.8, 4) is 22.8 Å². The minimum atomic E-state index is 0.287. The summed E-state index contributed by atoms with van der Waals surface area (Å²) in [5.74, 6) is 1.28. The van der Waals surface area contributed by atoms with Crippen molar-refractivity contribution in [2.24, 2.45) is 0 Å². The van der Waals surface area contributed by atoms with Crippen LogP contribution in [0.25, 0.3) is 17.1 Å². The summed E-state index contributed by atoms with van der Waals surface area (Å²) in [6.07, 6.45) is 0. The van der Waals surface area contributed by atoms with Crippen LogP contribution in [0.4, 0.5) is 0 Å². The number of benzene rings is 2. The third-order valence-electron chi connectivity index (χ3n) is 2.97. The summed E-state index contributed by atoms with van der Waals surface area (Å²) < 4.78 is 6.76. The molecule has 0 aliphatic carbocycles. The zero-order valence-electron chi connectivity index (χ0n) is 11.1. The number of rotatable bonds is 3. The maximum atomic E-state index is 6.17. The summed E-state index contributed by atoms with van der Waals surface area (Å²) in [7, 11) is 1.62. The Balaban J connectivity index is 2.02. The highest BCUT2D eigenvalue weighted by Crippen LogP contribution is 2.24. The lowest BCUT2D eigenvalue weighted by molar-refractivity contribution is 0.415. The lowest BCUT2D eigenvalue weighted by atomic mass is 10.2. The lowest BCUT2D eigenvalue weighted by Crippen LogP contribution is -1.96. The molecule has 6 heteroatoms. The molecule has 0 saturated carbocycles. The first-order chi connectivity index (χ1) is 10.2. The van der Waals surface area contributed by atoms with Crippen molar-refractivity contribution in [1.82, 2.24) is 14.8 Å². The zero-order valence-corrected chi connectivity index (χ0v) is 12.6. The molecule has 3 rings (SSSR count). The number of nitrogens with zero attached hydrogens (tertiary/aromatic N) is 3. The second kappa shape index (κ2) is 5.76. The predicted octanol–water partition coefficient (Wildman–Crippen LogP) is 4.25. The van der Waals surface area contributed by atoms with Crippen molar-refractivity contribution in [3.05, 3.63) is 58.8 Å². The van der Waals surface area contributed by atoms with Gasteiger partial charge in [0.25, 0.3) is 0 Å². The molecule has 0 amide bonds. The smallest absolute Gasteiger partial charge is 0.226 e. The zero-order chi connectivity index (χ0) is 14.8. The van der Waals surface area contributed by atoms with Crippen molar-refractivity contribution in [3.63, 3.8) is 0 Å². The molecule has 0 N–H and O–H groups in total. The molecule has 1 heterocycles. The molecule has 0 unspecified atom stereocenters. The van der Waals surface area contributed by atoms with E-state index >= 15 is 0 Å². The number of hydrogen-bond donors (Lipinski definition) is 0. The Labute approximate surface area is 131 Å². The third kappa shape index (κ3) is 2.86. The van der Waals surface area contributed by atoms with E-state index < -0.39 is 0 Å². The molecule has 4 nitrogen and oxygen atoms in total. The van der Waals surface area contributed by atoms with Gasteiger partial charge in [-0.3, -0.25) is 0 Å². The molecule has 106 valence electrons. The molecule has 21 heavy (non-hydrogen) atoms. The number of methoxy groups -OCH3 is 1. The molecule has 0 radical (unpaired) electrons. The van der Waals surface area contributed by atoms with Gasteiger partial charge in [-0.15, -0.1) is 5.10 Å². The Morgan fingerprint density at radius 3 is 2.52 bits per heavy atom. The van der Waals surface area contributed by atoms with E-state index in [1.54, 1.807) is 23.9 Å². The van der Waals surface area contributed by atoms with E-state index in [0.29, 0.717) is 10.8 Å². The average molecular weight is 320 g/mol. The molecule has 0 bridgehead atoms. The van der Waals surface area contributed by atoms with E-state index in [0.717, 1.165) is 17.0 Å². The fraction of sp³-hybridized carbons (Fsp3) is 0.0667. The summed E-state index contributed by atoms with van der Waals surface area (Å²) in [5, 5.41) is 5.37. The van der Waals surface area contributed by atoms with Gasteiger partial charge in [0.15, 0.2) is 5.82 Å². The molecule has 0 aliphatic heterocycles. The molecular weight excluding hydrogens is 309 g/mol. The topological polar surface area (TPSA) is 39.9 Å². The summed E-state index contributed by atoms with van der Waals surface area (Å²) in [6, 6.07) is 14.7. The van der Waals surface area contributed by atoms with Crippen molar-refractivity contribution in [1.29, 1.82) is 0 Å². The van der Waals surface area contributed by atoms with Gasteiger partial charge in [0.1, 0.15) is 5.75 Å². The van der Waals surface area contributed by atoms with Crippen LogP contribution in [0.2, 0.25) is 10.3 Å². The highest BCUT2D eigenvalue weighted by molar-refractivity contribution is 6.30. The molecule has 0 aliphatic rings. The first-order valence-electron chi connectivity index (χ1n) is 6.20. The molecule has 1 aromatic heterocycles. The Bertz CT molecular complexity index is 769. The number of hydrogen-bond acceptors (Lipinski definition) is 3. The van der Waals surface area contributed by atoms with Crippen LogP contribution in [0.1, 0.15) is 0 Å². The standard InChI is InChI=1S/C15H11Cl2N3O/c1-21-13-4-2-3-10(9-13)14-18-15(17)20(19-14)12-7-5-11(16)6-8-12/h2-9H,1H3. The molecule has 3 aromatic rings. The van der Waals surface area contributed by atoms with Gasteiger partial charge in [0.2, 0.25) is 5.28 Å². The fourth-order valence-corrected chi connectivity index (χ4v) is 2.27. The van der Waals surface area contributed by atoms with E-state index in [1.165, 1.54) is 0 Å². The maximum Gasteiger partial charge on any atom is 0.226 e. The van der Waals surface area contributed by atoms with Crippen LogP contribution < -0.4 is 4.74 Å². The molecule has 0 atom stereocenters. The Kier molecular flexibility index (Phi) is 3.82. The number of ether oxygens (including phenoxy) is 1. The minimum absolute atomic E-state index is 0.287. The quantitative estimate of drug-likeness (QED) is 0.724. The lowest BCUT2D eigenvalue weighted by Gasteiger charge is -2.02.